The molecule has 1 nitrogen and oxygen atoms in total. The molecule has 0 aliphatic carbocycles. The summed E-state index contributed by atoms with van der Waals surface area (Å²) in [5, 5.41) is 1.27. The zero-order valence-corrected chi connectivity index (χ0v) is 11.4. The van der Waals surface area contributed by atoms with Crippen molar-refractivity contribution >= 4 is 10.9 Å². The normalized spacial score (nSPS) is 11.3. The Kier molecular flexibility index (Phi) is 3.12. The first-order chi connectivity index (χ1) is 9.25. The van der Waals surface area contributed by atoms with Crippen LogP contribution in [0, 0.1) is 12.0 Å². The van der Waals surface area contributed by atoms with Crippen molar-refractivity contribution in [2.45, 2.75) is 20.4 Å². The Hall–Kier alpha value is -2.02. The van der Waals surface area contributed by atoms with Gasteiger partial charge in [0.25, 0.3) is 0 Å². The number of benzene rings is 2. The summed E-state index contributed by atoms with van der Waals surface area (Å²) in [5.74, 6) is 0.627. The molecule has 1 heteroatoms. The van der Waals surface area contributed by atoms with E-state index in [2.05, 4.69) is 73.0 Å². The number of hydrogen-bond donors (Lipinski definition) is 0. The van der Waals surface area contributed by atoms with E-state index in [1.54, 1.807) is 0 Å². The fraction of sp³-hybridized carbons (Fsp3) is 0.222. The van der Waals surface area contributed by atoms with Crippen LogP contribution in [0.15, 0.2) is 54.6 Å². The van der Waals surface area contributed by atoms with Crippen molar-refractivity contribution < 1.29 is 0 Å². The molecular formula is C18H18N. The van der Waals surface area contributed by atoms with Crippen molar-refractivity contribution in [2.24, 2.45) is 5.92 Å². The molecule has 0 saturated heterocycles. The molecule has 0 fully saturated rings. The fourth-order valence-corrected chi connectivity index (χ4v) is 2.56. The Labute approximate surface area is 114 Å². The summed E-state index contributed by atoms with van der Waals surface area (Å²) in [7, 11) is 0. The maximum atomic E-state index is 3.17. The molecule has 95 valence electrons. The molecule has 0 bridgehead atoms. The number of fused-ring (bicyclic) bond motifs is 1. The summed E-state index contributed by atoms with van der Waals surface area (Å²) < 4.78 is 2.42. The van der Waals surface area contributed by atoms with Crippen LogP contribution in [0.1, 0.15) is 13.8 Å². The molecule has 19 heavy (non-hydrogen) atoms. The molecule has 0 atom stereocenters. The van der Waals surface area contributed by atoms with Gasteiger partial charge in [0.15, 0.2) is 0 Å². The minimum Gasteiger partial charge on any atom is -0.340 e. The van der Waals surface area contributed by atoms with Crippen LogP contribution in [0.2, 0.25) is 0 Å². The van der Waals surface area contributed by atoms with Crippen molar-refractivity contribution in [1.82, 2.24) is 4.57 Å². The minimum absolute atomic E-state index is 0.627. The second kappa shape index (κ2) is 4.93. The van der Waals surface area contributed by atoms with E-state index in [0.717, 1.165) is 6.54 Å². The van der Waals surface area contributed by atoms with E-state index in [1.807, 2.05) is 6.07 Å². The van der Waals surface area contributed by atoms with Crippen LogP contribution < -0.4 is 0 Å². The second-order valence-corrected chi connectivity index (χ2v) is 5.38. The summed E-state index contributed by atoms with van der Waals surface area (Å²) in [6.45, 7) is 5.56. The number of aromatic nitrogens is 1. The Morgan fingerprint density at radius 2 is 1.89 bits per heavy atom. The minimum atomic E-state index is 0.627. The predicted molar refractivity (Wildman–Crippen MR) is 81.0 cm³/mol. The molecular weight excluding hydrogens is 230 g/mol. The lowest BCUT2D eigenvalue weighted by molar-refractivity contribution is 0.538. The third kappa shape index (κ3) is 2.28. The molecule has 3 rings (SSSR count). The monoisotopic (exact) mass is 248 g/mol. The van der Waals surface area contributed by atoms with Gasteiger partial charge in [0.2, 0.25) is 0 Å². The summed E-state index contributed by atoms with van der Waals surface area (Å²) in [6, 6.07) is 22.3. The molecule has 0 aliphatic heterocycles. The van der Waals surface area contributed by atoms with Crippen molar-refractivity contribution in [2.75, 3.05) is 0 Å². The zero-order valence-electron chi connectivity index (χ0n) is 11.4. The fourth-order valence-electron chi connectivity index (χ4n) is 2.56. The number of rotatable bonds is 3. The Morgan fingerprint density at radius 3 is 2.63 bits per heavy atom. The van der Waals surface area contributed by atoms with E-state index in [9.17, 15) is 0 Å². The Balaban J connectivity index is 2.23. The highest BCUT2D eigenvalue weighted by Gasteiger charge is 2.10. The lowest BCUT2D eigenvalue weighted by Crippen LogP contribution is -2.05. The average Bonchev–Trinajstić information content (AvgIpc) is 2.78. The summed E-state index contributed by atoms with van der Waals surface area (Å²) >= 11 is 0. The smallest absolute Gasteiger partial charge is 0.0491 e. The van der Waals surface area contributed by atoms with Crippen molar-refractivity contribution in [3.63, 3.8) is 0 Å². The number of hydrogen-bond acceptors (Lipinski definition) is 0. The van der Waals surface area contributed by atoms with Crippen LogP contribution in [-0.4, -0.2) is 4.57 Å². The van der Waals surface area contributed by atoms with Gasteiger partial charge in [-0.3, -0.25) is 0 Å². The first kappa shape index (κ1) is 12.0. The molecule has 1 heterocycles. The molecule has 0 spiro atoms. The van der Waals surface area contributed by atoms with Gasteiger partial charge in [-0.1, -0.05) is 50.2 Å². The zero-order chi connectivity index (χ0) is 13.2. The quantitative estimate of drug-likeness (QED) is 0.629. The topological polar surface area (TPSA) is 4.93 Å². The molecule has 0 N–H and O–H groups in total. The van der Waals surface area contributed by atoms with E-state index in [1.165, 1.54) is 22.2 Å². The van der Waals surface area contributed by atoms with E-state index in [0.29, 0.717) is 5.92 Å². The SMILES string of the molecule is CC(C)Cn1c(-c2ccccc2)cc2c[c]ccc21. The third-order valence-corrected chi connectivity index (χ3v) is 3.36. The second-order valence-electron chi connectivity index (χ2n) is 5.38. The van der Waals surface area contributed by atoms with Gasteiger partial charge in [-0.25, -0.2) is 0 Å². The van der Waals surface area contributed by atoms with Crippen LogP contribution in [0.3, 0.4) is 0 Å². The van der Waals surface area contributed by atoms with Gasteiger partial charge in [0.05, 0.1) is 0 Å². The molecule has 3 aromatic rings. The van der Waals surface area contributed by atoms with Crippen LogP contribution in [-0.2, 0) is 6.54 Å². The van der Waals surface area contributed by atoms with Crippen molar-refractivity contribution in [3.05, 3.63) is 60.7 Å². The highest BCUT2D eigenvalue weighted by atomic mass is 15.0. The standard InChI is InChI=1S/C18H18N/c1-14(2)13-19-17-11-7-6-10-16(17)12-18(19)15-8-4-3-5-9-15/h3-5,7-12,14H,13H2,1-2H3. The number of nitrogens with zero attached hydrogens (tertiary/aromatic N) is 1. The molecule has 2 aromatic carbocycles. The average molecular weight is 248 g/mol. The largest absolute Gasteiger partial charge is 0.340 e. The third-order valence-electron chi connectivity index (χ3n) is 3.36. The summed E-state index contributed by atoms with van der Waals surface area (Å²) in [4.78, 5) is 0. The summed E-state index contributed by atoms with van der Waals surface area (Å²) in [6.07, 6.45) is 0. The van der Waals surface area contributed by atoms with Gasteiger partial charge in [0, 0.05) is 23.1 Å². The molecule has 1 aromatic heterocycles. The van der Waals surface area contributed by atoms with E-state index >= 15 is 0 Å². The van der Waals surface area contributed by atoms with Gasteiger partial charge in [-0.15, -0.1) is 0 Å². The molecule has 0 unspecified atom stereocenters. The van der Waals surface area contributed by atoms with Crippen molar-refractivity contribution in [1.29, 1.82) is 0 Å². The van der Waals surface area contributed by atoms with E-state index in [-0.39, 0.29) is 0 Å². The highest BCUT2D eigenvalue weighted by molar-refractivity contribution is 5.86. The van der Waals surface area contributed by atoms with Crippen LogP contribution in [0.5, 0.6) is 0 Å². The first-order valence-electron chi connectivity index (χ1n) is 6.80. The van der Waals surface area contributed by atoms with Gasteiger partial charge < -0.3 is 4.57 Å². The van der Waals surface area contributed by atoms with E-state index < -0.39 is 0 Å². The summed E-state index contributed by atoms with van der Waals surface area (Å²) in [5.41, 5.74) is 3.87. The Bertz CT molecular complexity index is 677. The van der Waals surface area contributed by atoms with Gasteiger partial charge in [-0.05, 0) is 35.7 Å². The molecule has 0 saturated carbocycles. The van der Waals surface area contributed by atoms with Crippen LogP contribution in [0.25, 0.3) is 22.2 Å². The molecule has 0 amide bonds. The van der Waals surface area contributed by atoms with Gasteiger partial charge in [-0.2, -0.15) is 0 Å². The maximum absolute atomic E-state index is 3.17. The molecule has 0 aliphatic rings. The van der Waals surface area contributed by atoms with Crippen molar-refractivity contribution in [3.8, 4) is 11.3 Å². The predicted octanol–water partition coefficient (Wildman–Crippen LogP) is 4.76. The van der Waals surface area contributed by atoms with Crippen LogP contribution in [0.4, 0.5) is 0 Å². The lowest BCUT2D eigenvalue weighted by Gasteiger charge is -2.13. The maximum Gasteiger partial charge on any atom is 0.0491 e. The highest BCUT2D eigenvalue weighted by Crippen LogP contribution is 2.28. The Morgan fingerprint density at radius 1 is 1.11 bits per heavy atom. The lowest BCUT2D eigenvalue weighted by atomic mass is 10.1. The first-order valence-corrected chi connectivity index (χ1v) is 6.80. The molecule has 1 radical (unpaired) electrons. The van der Waals surface area contributed by atoms with E-state index in [4.69, 9.17) is 0 Å². The van der Waals surface area contributed by atoms with Gasteiger partial charge >= 0.3 is 0 Å². The van der Waals surface area contributed by atoms with Gasteiger partial charge in [0.1, 0.15) is 0 Å². The van der Waals surface area contributed by atoms with Crippen LogP contribution >= 0.6 is 0 Å².